The van der Waals surface area contributed by atoms with Crippen molar-refractivity contribution in [1.82, 2.24) is 19.9 Å². The second-order valence-corrected chi connectivity index (χ2v) is 17.0. The Hall–Kier alpha value is -2.79. The molecule has 318 valence electrons. The Bertz CT molecular complexity index is 1490. The molecule has 14 nitrogen and oxygen atoms in total. The van der Waals surface area contributed by atoms with E-state index in [2.05, 4.69) is 4.98 Å². The van der Waals surface area contributed by atoms with Gasteiger partial charge in [0.15, 0.2) is 17.7 Å². The maximum absolute atomic E-state index is 16.9. The average Bonchev–Trinajstić information content (AvgIpc) is 3.43. The topological polar surface area (TPSA) is 166 Å². The van der Waals surface area contributed by atoms with Crippen molar-refractivity contribution in [2.75, 3.05) is 34.3 Å². The van der Waals surface area contributed by atoms with Crippen molar-refractivity contribution in [2.45, 2.75) is 160 Å². The number of amides is 1. The lowest BCUT2D eigenvalue weighted by Crippen LogP contribution is -2.64. The second kappa shape index (κ2) is 18.4. The van der Waals surface area contributed by atoms with Crippen LogP contribution in [-0.4, -0.2) is 143 Å². The minimum atomic E-state index is -3.14. The predicted molar refractivity (Wildman–Crippen MR) is 208 cm³/mol. The van der Waals surface area contributed by atoms with E-state index in [1.165, 1.54) is 14.0 Å². The zero-order valence-electron chi connectivity index (χ0n) is 35.6. The summed E-state index contributed by atoms with van der Waals surface area (Å²) in [5.41, 5.74) is 2.20. The van der Waals surface area contributed by atoms with Crippen molar-refractivity contribution >= 4 is 17.8 Å². The SMILES string of the molecule is CC[C@H]1OC(=O)C(C)(F)C(=O)[C@H](C)[C@@H](O[C@@H]2O[C@H](C)C[C@H](N(C)C)[C@H]2O)[C@@](C)(OC)C[C@@H](C)C(N)[C@H](C)[C@H]2N(N(CC)CCCc3ccccn3)C(=O)O[C@]12C. The molecular formula is C41H68FN5O9. The first kappa shape index (κ1) is 45.9. The van der Waals surface area contributed by atoms with Crippen LogP contribution in [0.1, 0.15) is 93.7 Å². The van der Waals surface area contributed by atoms with Gasteiger partial charge in [-0.25, -0.2) is 24.0 Å². The van der Waals surface area contributed by atoms with Crippen molar-refractivity contribution in [3.63, 3.8) is 0 Å². The average molecular weight is 794 g/mol. The summed E-state index contributed by atoms with van der Waals surface area (Å²) in [7, 11) is 5.17. The minimum Gasteiger partial charge on any atom is -0.455 e. The van der Waals surface area contributed by atoms with Crippen LogP contribution < -0.4 is 5.73 Å². The number of fused-ring (bicyclic) bond motifs is 1. The number of carbonyl (C=O) groups is 3. The van der Waals surface area contributed by atoms with E-state index in [9.17, 15) is 19.5 Å². The van der Waals surface area contributed by atoms with Gasteiger partial charge in [0.25, 0.3) is 5.67 Å². The molecule has 3 aliphatic heterocycles. The van der Waals surface area contributed by atoms with Gasteiger partial charge in [-0.3, -0.25) is 9.78 Å². The number of methoxy groups -OCH3 is 1. The number of rotatable bonds is 11. The van der Waals surface area contributed by atoms with E-state index in [-0.39, 0.29) is 30.9 Å². The van der Waals surface area contributed by atoms with Crippen molar-refractivity contribution in [3.05, 3.63) is 30.1 Å². The third-order valence-corrected chi connectivity index (χ3v) is 12.7. The van der Waals surface area contributed by atoms with E-state index in [0.717, 1.165) is 12.6 Å². The number of Topliss-reactive ketones (excluding diaryl/α,β-unsaturated/α-hetero) is 1. The van der Waals surface area contributed by atoms with Crippen LogP contribution in [0.15, 0.2) is 24.4 Å². The number of ether oxygens (including phenoxy) is 5. The molecule has 14 atom stereocenters. The lowest BCUT2D eigenvalue weighted by Gasteiger charge is -2.48. The lowest BCUT2D eigenvalue weighted by atomic mass is 9.72. The summed E-state index contributed by atoms with van der Waals surface area (Å²) < 4.78 is 48.0. The second-order valence-electron chi connectivity index (χ2n) is 17.0. The van der Waals surface area contributed by atoms with Crippen molar-refractivity contribution < 1.29 is 47.6 Å². The number of aromatic nitrogens is 1. The van der Waals surface area contributed by atoms with Crippen molar-refractivity contribution in [2.24, 2.45) is 23.5 Å². The number of ketones is 1. The van der Waals surface area contributed by atoms with Gasteiger partial charge < -0.3 is 39.4 Å². The highest BCUT2D eigenvalue weighted by molar-refractivity contribution is 6.07. The number of cyclic esters (lactones) is 1. The molecule has 3 N–H and O–H groups in total. The molecule has 0 saturated carbocycles. The van der Waals surface area contributed by atoms with E-state index in [1.54, 1.807) is 32.0 Å². The molecule has 4 rings (SSSR count). The van der Waals surface area contributed by atoms with Crippen LogP contribution in [0.2, 0.25) is 0 Å². The van der Waals surface area contributed by atoms with E-state index < -0.39 is 83.2 Å². The van der Waals surface area contributed by atoms with E-state index in [0.29, 0.717) is 32.4 Å². The van der Waals surface area contributed by atoms with Crippen LogP contribution >= 0.6 is 0 Å². The quantitative estimate of drug-likeness (QED) is 0.241. The Morgan fingerprint density at radius 3 is 2.36 bits per heavy atom. The highest BCUT2D eigenvalue weighted by atomic mass is 19.1. The number of nitrogens with zero attached hydrogens (tertiary/aromatic N) is 4. The van der Waals surface area contributed by atoms with Gasteiger partial charge in [-0.05, 0) is 97.9 Å². The van der Waals surface area contributed by atoms with Crippen LogP contribution in [0.4, 0.5) is 9.18 Å². The fraction of sp³-hybridized carbons (Fsp3) is 0.805. The molecule has 0 bridgehead atoms. The zero-order chi connectivity index (χ0) is 41.9. The molecule has 0 spiro atoms. The van der Waals surface area contributed by atoms with Crippen LogP contribution in [-0.2, 0) is 39.7 Å². The van der Waals surface area contributed by atoms with Crippen molar-refractivity contribution in [1.29, 1.82) is 0 Å². The molecule has 3 saturated heterocycles. The van der Waals surface area contributed by atoms with Gasteiger partial charge >= 0.3 is 12.1 Å². The number of likely N-dealkylation sites (N-methyl/N-ethyl adjacent to an activating group) is 1. The summed E-state index contributed by atoms with van der Waals surface area (Å²) in [4.78, 5) is 48.7. The number of esters is 1. The molecule has 0 radical (unpaired) electrons. The number of alkyl halides is 1. The fourth-order valence-electron chi connectivity index (χ4n) is 9.27. The first-order chi connectivity index (χ1) is 26.2. The molecular weight excluding hydrogens is 725 g/mol. The molecule has 15 heteroatoms. The number of pyridine rings is 1. The van der Waals surface area contributed by atoms with Gasteiger partial charge in [-0.15, -0.1) is 0 Å². The number of aliphatic hydroxyl groups excluding tert-OH is 1. The third kappa shape index (κ3) is 9.24. The maximum atomic E-state index is 16.9. The highest BCUT2D eigenvalue weighted by Gasteiger charge is 2.62. The van der Waals surface area contributed by atoms with Gasteiger partial charge in [0.05, 0.1) is 23.9 Å². The molecule has 1 amide bonds. The van der Waals surface area contributed by atoms with Gasteiger partial charge in [0.1, 0.15) is 12.2 Å². The standard InChI is InChI=1S/C41H68FN5O9/c1-13-30-41(9)33(47(38(51)56-41)46(14-2)21-17-19-28-18-15-16-20-44-28)26(5)31(43)24(3)23-39(7,52-12)35(27(6)34(49)40(8,42)37(50)54-30)55-36-32(48)29(45(10)11)22-25(4)53-36/h15-16,18,20,24-27,29-33,35-36,48H,13-14,17,19,21-23,43H2,1-12H3/t24-,25-,26+,27+,29+,30-,31?,32-,33-,35-,36+,39+,40?,41-/m1/s1. The molecule has 1 aromatic heterocycles. The van der Waals surface area contributed by atoms with Crippen LogP contribution in [0, 0.1) is 17.8 Å². The summed E-state index contributed by atoms with van der Waals surface area (Å²) in [6, 6.07) is 4.06. The van der Waals surface area contributed by atoms with E-state index >= 15 is 4.39 Å². The number of hydrazine groups is 1. The summed E-state index contributed by atoms with van der Waals surface area (Å²) in [5.74, 6) is -4.59. The summed E-state index contributed by atoms with van der Waals surface area (Å²) in [6.07, 6.45) is -1.58. The Labute approximate surface area is 332 Å². The number of aliphatic hydroxyl groups is 1. The zero-order valence-corrected chi connectivity index (χ0v) is 35.6. The van der Waals surface area contributed by atoms with Crippen LogP contribution in [0.3, 0.4) is 0 Å². The molecule has 3 fully saturated rings. The molecule has 56 heavy (non-hydrogen) atoms. The molecule has 1 aromatic rings. The van der Waals surface area contributed by atoms with Gasteiger partial charge in [-0.2, -0.15) is 0 Å². The maximum Gasteiger partial charge on any atom is 0.425 e. The Morgan fingerprint density at radius 2 is 1.79 bits per heavy atom. The normalized spacial score (nSPS) is 40.3. The molecule has 0 aliphatic carbocycles. The van der Waals surface area contributed by atoms with Crippen molar-refractivity contribution in [3.8, 4) is 0 Å². The smallest absolute Gasteiger partial charge is 0.425 e. The first-order valence-corrected chi connectivity index (χ1v) is 20.3. The Morgan fingerprint density at radius 1 is 1.11 bits per heavy atom. The van der Waals surface area contributed by atoms with Gasteiger partial charge in [-0.1, -0.05) is 40.7 Å². The monoisotopic (exact) mass is 794 g/mol. The number of halogens is 1. The molecule has 0 aromatic carbocycles. The number of hydrogen-bond donors (Lipinski definition) is 2. The fourth-order valence-corrected chi connectivity index (χ4v) is 9.27. The van der Waals surface area contributed by atoms with E-state index in [1.807, 2.05) is 69.9 Å². The Balaban J connectivity index is 1.79. The van der Waals surface area contributed by atoms with Gasteiger partial charge in [0, 0.05) is 50.1 Å². The molecule has 3 aliphatic rings. The summed E-state index contributed by atoms with van der Waals surface area (Å²) in [6.45, 7) is 16.2. The van der Waals surface area contributed by atoms with Crippen LogP contribution in [0.5, 0.6) is 0 Å². The molecule has 4 heterocycles. The first-order valence-electron chi connectivity index (χ1n) is 20.3. The predicted octanol–water partition coefficient (Wildman–Crippen LogP) is 4.31. The molecule has 2 unspecified atom stereocenters. The number of nitrogens with two attached hydrogens (primary N) is 1. The summed E-state index contributed by atoms with van der Waals surface area (Å²) >= 11 is 0. The lowest BCUT2D eigenvalue weighted by molar-refractivity contribution is -0.296. The summed E-state index contributed by atoms with van der Waals surface area (Å²) in [5, 5.41) is 15.0. The minimum absolute atomic E-state index is 0.151. The van der Waals surface area contributed by atoms with Gasteiger partial charge in [0.2, 0.25) is 0 Å². The highest BCUT2D eigenvalue weighted by Crippen LogP contribution is 2.44. The number of aryl methyl sites for hydroxylation is 1. The number of carbonyl (C=O) groups excluding carboxylic acids is 3. The third-order valence-electron chi connectivity index (χ3n) is 12.7. The van der Waals surface area contributed by atoms with E-state index in [4.69, 9.17) is 29.4 Å². The largest absolute Gasteiger partial charge is 0.455 e. The number of hydrogen-bond acceptors (Lipinski definition) is 13. The Kier molecular flexibility index (Phi) is 15.1. The van der Waals surface area contributed by atoms with Crippen LogP contribution in [0.25, 0.3) is 0 Å².